The van der Waals surface area contributed by atoms with E-state index in [2.05, 4.69) is 0 Å². The Labute approximate surface area is 116 Å². The number of hydrogen-bond donors (Lipinski definition) is 1. The van der Waals surface area contributed by atoms with Crippen LogP contribution in [0.2, 0.25) is 0 Å². The smallest absolute Gasteiger partial charge is 0.222 e. The minimum Gasteiger partial charge on any atom is -0.376 e. The first-order valence-electron chi connectivity index (χ1n) is 6.78. The summed E-state index contributed by atoms with van der Waals surface area (Å²) in [5.41, 5.74) is 6.00. The second-order valence-corrected chi connectivity index (χ2v) is 5.47. The molecule has 5 heteroatoms. The summed E-state index contributed by atoms with van der Waals surface area (Å²) in [6.07, 6.45) is 6.44. The van der Waals surface area contributed by atoms with E-state index in [1.165, 1.54) is 6.42 Å². The van der Waals surface area contributed by atoms with E-state index in [-0.39, 0.29) is 30.5 Å². The van der Waals surface area contributed by atoms with Crippen LogP contribution in [0.25, 0.3) is 0 Å². The van der Waals surface area contributed by atoms with Crippen LogP contribution in [0.3, 0.4) is 0 Å². The first kappa shape index (κ1) is 15.7. The molecule has 2 rings (SSSR count). The molecule has 1 saturated carbocycles. The lowest BCUT2D eigenvalue weighted by atomic mass is 9.99. The van der Waals surface area contributed by atoms with E-state index in [0.29, 0.717) is 12.3 Å². The number of rotatable bonds is 4. The van der Waals surface area contributed by atoms with Crippen LogP contribution >= 0.6 is 12.4 Å². The van der Waals surface area contributed by atoms with Crippen LogP contribution in [-0.2, 0) is 9.53 Å². The average Bonchev–Trinajstić information content (AvgIpc) is 2.91. The van der Waals surface area contributed by atoms with Gasteiger partial charge in [0.15, 0.2) is 0 Å². The van der Waals surface area contributed by atoms with Crippen LogP contribution < -0.4 is 5.73 Å². The van der Waals surface area contributed by atoms with Gasteiger partial charge in [-0.3, -0.25) is 4.79 Å². The summed E-state index contributed by atoms with van der Waals surface area (Å²) in [7, 11) is 1.88. The summed E-state index contributed by atoms with van der Waals surface area (Å²) in [6, 6.07) is 0.232. The van der Waals surface area contributed by atoms with E-state index >= 15 is 0 Å². The summed E-state index contributed by atoms with van der Waals surface area (Å²) < 4.78 is 5.55. The molecular weight excluding hydrogens is 252 g/mol. The molecule has 1 heterocycles. The van der Waals surface area contributed by atoms with Crippen LogP contribution in [0.15, 0.2) is 0 Å². The molecule has 106 valence electrons. The number of ether oxygens (including phenoxy) is 1. The second-order valence-electron chi connectivity index (χ2n) is 5.47. The van der Waals surface area contributed by atoms with Crippen LogP contribution in [0, 0.1) is 5.92 Å². The van der Waals surface area contributed by atoms with E-state index in [9.17, 15) is 4.79 Å². The normalized spacial score (nSPS) is 31.1. The zero-order chi connectivity index (χ0) is 12.3. The van der Waals surface area contributed by atoms with Crippen molar-refractivity contribution < 1.29 is 9.53 Å². The van der Waals surface area contributed by atoms with Crippen molar-refractivity contribution in [3.63, 3.8) is 0 Å². The highest BCUT2D eigenvalue weighted by Gasteiger charge is 2.28. The highest BCUT2D eigenvalue weighted by atomic mass is 35.5. The second kappa shape index (κ2) is 7.31. The van der Waals surface area contributed by atoms with Crippen molar-refractivity contribution in [1.82, 2.24) is 4.90 Å². The van der Waals surface area contributed by atoms with E-state index in [4.69, 9.17) is 10.5 Å². The van der Waals surface area contributed by atoms with E-state index < -0.39 is 0 Å². The van der Waals surface area contributed by atoms with Crippen molar-refractivity contribution in [3.05, 3.63) is 0 Å². The van der Waals surface area contributed by atoms with Crippen molar-refractivity contribution in [2.45, 2.75) is 50.7 Å². The van der Waals surface area contributed by atoms with Gasteiger partial charge in [0.05, 0.1) is 6.10 Å². The van der Waals surface area contributed by atoms with Gasteiger partial charge in [0.1, 0.15) is 0 Å². The van der Waals surface area contributed by atoms with Gasteiger partial charge < -0.3 is 15.4 Å². The van der Waals surface area contributed by atoms with Crippen molar-refractivity contribution in [2.75, 3.05) is 20.2 Å². The summed E-state index contributed by atoms with van der Waals surface area (Å²) in [5.74, 6) is 0.622. The Balaban J connectivity index is 0.00000162. The van der Waals surface area contributed by atoms with Gasteiger partial charge in [-0.15, -0.1) is 12.4 Å². The summed E-state index contributed by atoms with van der Waals surface area (Å²) >= 11 is 0. The fourth-order valence-electron chi connectivity index (χ4n) is 2.89. The maximum atomic E-state index is 12.0. The van der Waals surface area contributed by atoms with Gasteiger partial charge >= 0.3 is 0 Å². The Morgan fingerprint density at radius 2 is 2.11 bits per heavy atom. The van der Waals surface area contributed by atoms with Crippen LogP contribution in [0.5, 0.6) is 0 Å². The van der Waals surface area contributed by atoms with Crippen molar-refractivity contribution in [3.8, 4) is 0 Å². The minimum atomic E-state index is 0. The van der Waals surface area contributed by atoms with Crippen molar-refractivity contribution >= 4 is 18.3 Å². The zero-order valence-electron chi connectivity index (χ0n) is 11.1. The lowest BCUT2D eigenvalue weighted by Gasteiger charge is -2.23. The van der Waals surface area contributed by atoms with E-state index in [0.717, 1.165) is 38.8 Å². The first-order chi connectivity index (χ1) is 8.16. The Morgan fingerprint density at radius 3 is 2.67 bits per heavy atom. The van der Waals surface area contributed by atoms with Gasteiger partial charge in [-0.05, 0) is 31.6 Å². The summed E-state index contributed by atoms with van der Waals surface area (Å²) in [4.78, 5) is 13.9. The molecule has 0 aromatic heterocycles. The Bertz CT molecular complexity index is 270. The highest BCUT2D eigenvalue weighted by Crippen LogP contribution is 2.27. The molecule has 0 radical (unpaired) electrons. The number of likely N-dealkylation sites (N-methyl/N-ethyl adjacent to an activating group) is 1. The molecule has 1 saturated heterocycles. The monoisotopic (exact) mass is 276 g/mol. The molecule has 1 aliphatic carbocycles. The van der Waals surface area contributed by atoms with Crippen molar-refractivity contribution in [1.29, 1.82) is 0 Å². The molecule has 1 amide bonds. The molecule has 4 nitrogen and oxygen atoms in total. The van der Waals surface area contributed by atoms with Gasteiger partial charge in [0.2, 0.25) is 5.91 Å². The molecule has 1 unspecified atom stereocenters. The summed E-state index contributed by atoms with van der Waals surface area (Å²) in [5, 5.41) is 0. The third-order valence-corrected chi connectivity index (χ3v) is 4.08. The van der Waals surface area contributed by atoms with E-state index in [1.807, 2.05) is 11.9 Å². The molecule has 18 heavy (non-hydrogen) atoms. The molecule has 3 atom stereocenters. The van der Waals surface area contributed by atoms with Gasteiger partial charge in [-0.25, -0.2) is 0 Å². The topological polar surface area (TPSA) is 55.6 Å². The quantitative estimate of drug-likeness (QED) is 0.848. The standard InChI is InChI=1S/C13H24N2O2.ClH/c1-15(9-11-5-3-7-17-11)13(16)8-10-4-2-6-12(10)14;/h10-12H,2-9,14H2,1H3;1H/t10-,11?,12+;/m0./s1. The third-order valence-electron chi connectivity index (χ3n) is 4.08. The van der Waals surface area contributed by atoms with Gasteiger partial charge in [-0.1, -0.05) is 6.42 Å². The highest BCUT2D eigenvalue weighted by molar-refractivity contribution is 5.85. The molecule has 2 aliphatic rings. The molecule has 1 aliphatic heterocycles. The van der Waals surface area contributed by atoms with Gasteiger partial charge in [0, 0.05) is 32.7 Å². The zero-order valence-corrected chi connectivity index (χ0v) is 12.0. The third kappa shape index (κ3) is 4.11. The summed E-state index contributed by atoms with van der Waals surface area (Å²) in [6.45, 7) is 1.58. The van der Waals surface area contributed by atoms with Crippen LogP contribution in [0.1, 0.15) is 38.5 Å². The van der Waals surface area contributed by atoms with Crippen LogP contribution in [-0.4, -0.2) is 43.2 Å². The number of nitrogens with two attached hydrogens (primary N) is 1. The number of hydrogen-bond acceptors (Lipinski definition) is 3. The fourth-order valence-corrected chi connectivity index (χ4v) is 2.89. The number of nitrogens with zero attached hydrogens (tertiary/aromatic N) is 1. The fraction of sp³-hybridized carbons (Fsp3) is 0.923. The number of carbonyl (C=O) groups is 1. The van der Waals surface area contributed by atoms with Gasteiger partial charge in [0.25, 0.3) is 0 Å². The molecule has 0 bridgehead atoms. The number of amides is 1. The Kier molecular flexibility index (Phi) is 6.39. The molecule has 2 fully saturated rings. The van der Waals surface area contributed by atoms with E-state index in [1.54, 1.807) is 0 Å². The predicted molar refractivity (Wildman–Crippen MR) is 73.8 cm³/mol. The van der Waals surface area contributed by atoms with Gasteiger partial charge in [-0.2, -0.15) is 0 Å². The predicted octanol–water partition coefficient (Wildman–Crippen LogP) is 1.56. The lowest BCUT2D eigenvalue weighted by Crippen LogP contribution is -2.37. The average molecular weight is 277 g/mol. The number of halogens is 1. The molecule has 0 aromatic carbocycles. The van der Waals surface area contributed by atoms with Crippen LogP contribution in [0.4, 0.5) is 0 Å². The van der Waals surface area contributed by atoms with Crippen molar-refractivity contribution in [2.24, 2.45) is 11.7 Å². The first-order valence-corrected chi connectivity index (χ1v) is 6.78. The largest absolute Gasteiger partial charge is 0.376 e. The molecule has 0 aromatic rings. The maximum absolute atomic E-state index is 12.0. The molecular formula is C13H25ClN2O2. The number of carbonyl (C=O) groups excluding carboxylic acids is 1. The molecule has 0 spiro atoms. The maximum Gasteiger partial charge on any atom is 0.222 e. The molecule has 2 N–H and O–H groups in total. The Morgan fingerprint density at radius 1 is 1.33 bits per heavy atom. The lowest BCUT2D eigenvalue weighted by molar-refractivity contribution is -0.132. The Hall–Kier alpha value is -0.320. The SMILES string of the molecule is CN(CC1CCCO1)C(=O)C[C@@H]1CCC[C@H]1N.Cl. The minimum absolute atomic E-state index is 0.